The molecule has 0 amide bonds. The van der Waals surface area contributed by atoms with Gasteiger partial charge in [-0.1, -0.05) is 29.8 Å². The lowest BCUT2D eigenvalue weighted by atomic mass is 9.96. The van der Waals surface area contributed by atoms with Gasteiger partial charge in [-0.2, -0.15) is 5.10 Å². The van der Waals surface area contributed by atoms with Crippen molar-refractivity contribution in [1.29, 1.82) is 0 Å². The summed E-state index contributed by atoms with van der Waals surface area (Å²) in [6.07, 6.45) is 7.34. The standard InChI is InChI=1S/C22H34N6.HI/c1-19-5-7-21(8-6-19)18-27-15-9-20(10-16-27)17-25-22(23-2)24-11-3-13-28-14-4-12-26-28;/h4-8,12,14,20H,3,9-11,13,15-18H2,1-2H3,(H2,23,24,25);1H. The highest BCUT2D eigenvalue weighted by molar-refractivity contribution is 14.0. The number of piperidine rings is 1. The van der Waals surface area contributed by atoms with Crippen LogP contribution in [0, 0.1) is 12.8 Å². The molecule has 6 nitrogen and oxygen atoms in total. The number of aromatic nitrogens is 2. The lowest BCUT2D eigenvalue weighted by Gasteiger charge is -2.32. The first-order valence-electron chi connectivity index (χ1n) is 10.4. The van der Waals surface area contributed by atoms with Gasteiger partial charge in [0.25, 0.3) is 0 Å². The average Bonchev–Trinajstić information content (AvgIpc) is 3.24. The van der Waals surface area contributed by atoms with Crippen molar-refractivity contribution in [3.05, 3.63) is 53.9 Å². The van der Waals surface area contributed by atoms with E-state index < -0.39 is 0 Å². The Morgan fingerprint density at radius 3 is 2.59 bits per heavy atom. The Hall–Kier alpha value is -1.61. The predicted octanol–water partition coefficient (Wildman–Crippen LogP) is 3.28. The second-order valence-electron chi connectivity index (χ2n) is 7.71. The summed E-state index contributed by atoms with van der Waals surface area (Å²) in [5.41, 5.74) is 2.75. The average molecular weight is 510 g/mol. The number of guanidine groups is 1. The van der Waals surface area contributed by atoms with E-state index in [4.69, 9.17) is 0 Å². The highest BCUT2D eigenvalue weighted by Crippen LogP contribution is 2.18. The molecule has 2 heterocycles. The first-order valence-corrected chi connectivity index (χ1v) is 10.4. The zero-order chi connectivity index (χ0) is 19.6. The van der Waals surface area contributed by atoms with E-state index >= 15 is 0 Å². The van der Waals surface area contributed by atoms with Crippen LogP contribution in [0.4, 0.5) is 0 Å². The monoisotopic (exact) mass is 510 g/mol. The number of nitrogens with one attached hydrogen (secondary N) is 2. The van der Waals surface area contributed by atoms with Gasteiger partial charge >= 0.3 is 0 Å². The van der Waals surface area contributed by atoms with Crippen molar-refractivity contribution in [2.75, 3.05) is 33.2 Å². The van der Waals surface area contributed by atoms with Gasteiger partial charge in [0.15, 0.2) is 5.96 Å². The molecule has 0 bridgehead atoms. The number of likely N-dealkylation sites (tertiary alicyclic amines) is 1. The van der Waals surface area contributed by atoms with Crippen LogP contribution in [0.3, 0.4) is 0 Å². The molecule has 0 aliphatic carbocycles. The Balaban J connectivity index is 0.00000300. The number of aryl methyl sites for hydroxylation is 2. The molecule has 2 N–H and O–H groups in total. The normalized spacial score (nSPS) is 15.7. The molecular weight excluding hydrogens is 475 g/mol. The van der Waals surface area contributed by atoms with Crippen LogP contribution in [0.25, 0.3) is 0 Å². The molecule has 1 aliphatic rings. The smallest absolute Gasteiger partial charge is 0.190 e. The molecule has 160 valence electrons. The summed E-state index contributed by atoms with van der Waals surface area (Å²) in [7, 11) is 1.84. The van der Waals surface area contributed by atoms with Gasteiger partial charge in [-0.25, -0.2) is 0 Å². The summed E-state index contributed by atoms with van der Waals surface area (Å²) in [5.74, 6) is 1.62. The Kier molecular flexibility index (Phi) is 10.5. The molecule has 1 fully saturated rings. The van der Waals surface area contributed by atoms with Gasteiger partial charge in [0.2, 0.25) is 0 Å². The quantitative estimate of drug-likeness (QED) is 0.248. The number of aliphatic imine (C=N–C) groups is 1. The van der Waals surface area contributed by atoms with E-state index in [2.05, 4.69) is 56.8 Å². The van der Waals surface area contributed by atoms with Crippen LogP contribution in [0.1, 0.15) is 30.4 Å². The van der Waals surface area contributed by atoms with Gasteiger partial charge in [0.1, 0.15) is 0 Å². The molecule has 1 saturated heterocycles. The van der Waals surface area contributed by atoms with Gasteiger partial charge in [-0.05, 0) is 56.8 Å². The number of hydrogen-bond donors (Lipinski definition) is 2. The molecule has 1 aromatic heterocycles. The van der Waals surface area contributed by atoms with Crippen LogP contribution in [-0.2, 0) is 13.1 Å². The Labute approximate surface area is 192 Å². The van der Waals surface area contributed by atoms with E-state index in [-0.39, 0.29) is 24.0 Å². The minimum Gasteiger partial charge on any atom is -0.356 e. The lowest BCUT2D eigenvalue weighted by molar-refractivity contribution is 0.178. The first kappa shape index (κ1) is 23.7. The molecule has 2 aromatic rings. The Morgan fingerprint density at radius 1 is 1.17 bits per heavy atom. The van der Waals surface area contributed by atoms with E-state index in [9.17, 15) is 0 Å². The SMILES string of the molecule is CN=C(NCCCn1cccn1)NCC1CCN(Cc2ccc(C)cc2)CC1.I. The van der Waals surface area contributed by atoms with Gasteiger partial charge in [-0.3, -0.25) is 14.6 Å². The zero-order valence-electron chi connectivity index (χ0n) is 17.7. The van der Waals surface area contributed by atoms with Crippen molar-refractivity contribution in [3.8, 4) is 0 Å². The van der Waals surface area contributed by atoms with Gasteiger partial charge in [0.05, 0.1) is 0 Å². The molecule has 0 radical (unpaired) electrons. The number of halogens is 1. The minimum atomic E-state index is 0. The largest absolute Gasteiger partial charge is 0.356 e. The maximum Gasteiger partial charge on any atom is 0.190 e. The van der Waals surface area contributed by atoms with E-state index in [1.165, 1.54) is 37.1 Å². The van der Waals surface area contributed by atoms with Crippen LogP contribution >= 0.6 is 24.0 Å². The fraction of sp³-hybridized carbons (Fsp3) is 0.545. The van der Waals surface area contributed by atoms with Crippen molar-refractivity contribution in [2.24, 2.45) is 10.9 Å². The third-order valence-electron chi connectivity index (χ3n) is 5.43. The van der Waals surface area contributed by atoms with Crippen LogP contribution < -0.4 is 10.6 Å². The molecule has 3 rings (SSSR count). The third kappa shape index (κ3) is 8.34. The lowest BCUT2D eigenvalue weighted by Crippen LogP contribution is -2.43. The minimum absolute atomic E-state index is 0. The molecule has 0 atom stereocenters. The molecule has 7 heteroatoms. The number of hydrogen-bond acceptors (Lipinski definition) is 3. The van der Waals surface area contributed by atoms with Crippen molar-refractivity contribution >= 4 is 29.9 Å². The van der Waals surface area contributed by atoms with Gasteiger partial charge in [-0.15, -0.1) is 24.0 Å². The van der Waals surface area contributed by atoms with Crippen molar-refractivity contribution in [1.82, 2.24) is 25.3 Å². The molecular formula is C22H35IN6. The summed E-state index contributed by atoms with van der Waals surface area (Å²) in [6, 6.07) is 10.9. The van der Waals surface area contributed by atoms with Crippen molar-refractivity contribution in [3.63, 3.8) is 0 Å². The summed E-state index contributed by atoms with van der Waals surface area (Å²) in [5, 5.41) is 11.1. The maximum atomic E-state index is 4.35. The van der Waals surface area contributed by atoms with E-state index in [1.54, 1.807) is 0 Å². The number of benzene rings is 1. The summed E-state index contributed by atoms with van der Waals surface area (Å²) in [6.45, 7) is 8.39. The van der Waals surface area contributed by atoms with E-state index in [1.807, 2.05) is 30.2 Å². The molecule has 0 saturated carbocycles. The van der Waals surface area contributed by atoms with E-state index in [0.29, 0.717) is 0 Å². The second-order valence-corrected chi connectivity index (χ2v) is 7.71. The predicted molar refractivity (Wildman–Crippen MR) is 131 cm³/mol. The Morgan fingerprint density at radius 2 is 1.93 bits per heavy atom. The number of nitrogens with zero attached hydrogens (tertiary/aromatic N) is 4. The summed E-state index contributed by atoms with van der Waals surface area (Å²) in [4.78, 5) is 6.92. The molecule has 29 heavy (non-hydrogen) atoms. The topological polar surface area (TPSA) is 57.5 Å². The Bertz CT molecular complexity index is 705. The maximum absolute atomic E-state index is 4.35. The summed E-state index contributed by atoms with van der Waals surface area (Å²) < 4.78 is 1.96. The third-order valence-corrected chi connectivity index (χ3v) is 5.43. The molecule has 0 unspecified atom stereocenters. The van der Waals surface area contributed by atoms with Crippen molar-refractivity contribution in [2.45, 2.75) is 39.3 Å². The second kappa shape index (κ2) is 12.8. The molecule has 1 aliphatic heterocycles. The van der Waals surface area contributed by atoms with Crippen LogP contribution in [0.5, 0.6) is 0 Å². The van der Waals surface area contributed by atoms with Gasteiger partial charge < -0.3 is 10.6 Å². The van der Waals surface area contributed by atoms with Gasteiger partial charge in [0, 0.05) is 45.6 Å². The highest BCUT2D eigenvalue weighted by atomic mass is 127. The number of rotatable bonds is 8. The van der Waals surface area contributed by atoms with Crippen LogP contribution in [0.15, 0.2) is 47.7 Å². The first-order chi connectivity index (χ1) is 13.7. The van der Waals surface area contributed by atoms with Crippen molar-refractivity contribution < 1.29 is 0 Å². The fourth-order valence-corrected chi connectivity index (χ4v) is 3.64. The molecule has 1 aromatic carbocycles. The fourth-order valence-electron chi connectivity index (χ4n) is 3.64. The van der Waals surface area contributed by atoms with E-state index in [0.717, 1.165) is 44.5 Å². The zero-order valence-corrected chi connectivity index (χ0v) is 20.0. The summed E-state index contributed by atoms with van der Waals surface area (Å²) >= 11 is 0. The highest BCUT2D eigenvalue weighted by Gasteiger charge is 2.19. The van der Waals surface area contributed by atoms with Crippen LogP contribution in [0.2, 0.25) is 0 Å². The van der Waals surface area contributed by atoms with Crippen LogP contribution in [-0.4, -0.2) is 53.9 Å². The molecule has 0 spiro atoms.